The number of benzene rings is 4. The molecule has 1 aliphatic heterocycles. The van der Waals surface area contributed by atoms with Gasteiger partial charge in [-0.3, -0.25) is 19.3 Å². The lowest BCUT2D eigenvalue weighted by atomic mass is 9.81. The normalized spacial score (nSPS) is 22.1. The number of hydrogen-bond acceptors (Lipinski definition) is 7. The maximum atomic E-state index is 13.1. The van der Waals surface area contributed by atoms with E-state index in [2.05, 4.69) is 0 Å². The van der Waals surface area contributed by atoms with Gasteiger partial charge in [0.1, 0.15) is 11.5 Å². The van der Waals surface area contributed by atoms with E-state index in [-0.39, 0.29) is 35.0 Å². The summed E-state index contributed by atoms with van der Waals surface area (Å²) in [7, 11) is 0. The maximum absolute atomic E-state index is 13.1. The number of carbonyl (C=O) groups is 5. The maximum Gasteiger partial charge on any atom is 0.343 e. The molecule has 8 heteroatoms. The van der Waals surface area contributed by atoms with Gasteiger partial charge in [-0.1, -0.05) is 12.1 Å². The highest BCUT2D eigenvalue weighted by Gasteiger charge is 2.61. The van der Waals surface area contributed by atoms with Crippen LogP contribution in [0.2, 0.25) is 0 Å². The highest BCUT2D eigenvalue weighted by Crippen LogP contribution is 2.56. The number of hydrogen-bond donors (Lipinski definition) is 0. The molecular formula is C35H27NO7. The van der Waals surface area contributed by atoms with Gasteiger partial charge < -0.3 is 9.47 Å². The van der Waals surface area contributed by atoms with Crippen LogP contribution in [0.5, 0.6) is 11.5 Å². The third kappa shape index (κ3) is 4.69. The summed E-state index contributed by atoms with van der Waals surface area (Å²) in [6, 6.07) is 22.8. The van der Waals surface area contributed by atoms with Crippen molar-refractivity contribution in [2.24, 2.45) is 23.7 Å². The summed E-state index contributed by atoms with van der Waals surface area (Å²) in [5.41, 5.74) is 1.65. The average Bonchev–Trinajstić information content (AvgIpc) is 3.70. The minimum Gasteiger partial charge on any atom is -0.423 e. The Bertz CT molecular complexity index is 1800. The summed E-state index contributed by atoms with van der Waals surface area (Å²) in [6.07, 6.45) is 3.02. The Kier molecular flexibility index (Phi) is 6.42. The molecule has 43 heavy (non-hydrogen) atoms. The van der Waals surface area contributed by atoms with Crippen LogP contribution in [0.4, 0.5) is 5.69 Å². The third-order valence-electron chi connectivity index (χ3n) is 9.02. The van der Waals surface area contributed by atoms with Gasteiger partial charge in [-0.2, -0.15) is 0 Å². The first-order chi connectivity index (χ1) is 20.8. The van der Waals surface area contributed by atoms with Crippen LogP contribution in [0.1, 0.15) is 57.3 Å². The zero-order chi connectivity index (χ0) is 29.8. The number of ether oxygens (including phenoxy) is 2. The molecule has 1 saturated heterocycles. The first-order valence-corrected chi connectivity index (χ1v) is 14.3. The topological polar surface area (TPSA) is 107 Å². The van der Waals surface area contributed by atoms with Gasteiger partial charge in [0.15, 0.2) is 5.78 Å². The number of Topliss-reactive ketones (excluding diaryl/α,β-unsaturated/α-hetero) is 1. The average molecular weight is 574 g/mol. The molecule has 4 unspecified atom stereocenters. The van der Waals surface area contributed by atoms with Crippen LogP contribution < -0.4 is 14.4 Å². The van der Waals surface area contributed by atoms with Crippen LogP contribution in [0, 0.1) is 23.7 Å². The van der Waals surface area contributed by atoms with Crippen molar-refractivity contribution in [3.8, 4) is 11.5 Å². The van der Waals surface area contributed by atoms with E-state index in [4.69, 9.17) is 9.47 Å². The largest absolute Gasteiger partial charge is 0.423 e. The first-order valence-electron chi connectivity index (χ1n) is 14.3. The van der Waals surface area contributed by atoms with Gasteiger partial charge in [-0.25, -0.2) is 9.59 Å². The summed E-state index contributed by atoms with van der Waals surface area (Å²) in [4.78, 5) is 64.5. The van der Waals surface area contributed by atoms with E-state index in [1.54, 1.807) is 84.9 Å². The van der Waals surface area contributed by atoms with Gasteiger partial charge in [0.25, 0.3) is 0 Å². The molecule has 3 fully saturated rings. The number of esters is 2. The summed E-state index contributed by atoms with van der Waals surface area (Å²) >= 11 is 0. The fourth-order valence-corrected chi connectivity index (χ4v) is 6.91. The summed E-state index contributed by atoms with van der Waals surface area (Å²) in [6.45, 7) is 1.47. The number of nitrogens with zero attached hydrogens (tertiary/aromatic N) is 1. The quantitative estimate of drug-likeness (QED) is 0.120. The van der Waals surface area contributed by atoms with Crippen LogP contribution in [-0.4, -0.2) is 29.5 Å². The molecule has 0 aromatic heterocycles. The monoisotopic (exact) mass is 573 g/mol. The minimum atomic E-state index is -0.573. The molecule has 0 N–H and O–H groups in total. The molecule has 2 aliphatic carbocycles. The summed E-state index contributed by atoms with van der Waals surface area (Å²) in [5.74, 6) is -0.531. The van der Waals surface area contributed by atoms with Crippen LogP contribution in [-0.2, 0) is 9.59 Å². The summed E-state index contributed by atoms with van der Waals surface area (Å²) in [5, 5.41) is 1.51. The molecule has 2 saturated carbocycles. The van der Waals surface area contributed by atoms with Crippen molar-refractivity contribution in [2.75, 3.05) is 4.90 Å². The number of imide groups is 1. The van der Waals surface area contributed by atoms with E-state index >= 15 is 0 Å². The molecule has 0 spiro atoms. The van der Waals surface area contributed by atoms with Crippen LogP contribution in [0.15, 0.2) is 84.9 Å². The number of rotatable bonds is 6. The van der Waals surface area contributed by atoms with Crippen molar-refractivity contribution in [1.29, 1.82) is 0 Å². The van der Waals surface area contributed by atoms with Gasteiger partial charge in [0, 0.05) is 5.56 Å². The number of anilines is 1. The van der Waals surface area contributed by atoms with Gasteiger partial charge >= 0.3 is 11.9 Å². The van der Waals surface area contributed by atoms with Crippen molar-refractivity contribution in [3.63, 3.8) is 0 Å². The van der Waals surface area contributed by atoms with Gasteiger partial charge in [-0.15, -0.1) is 0 Å². The molecule has 1 heterocycles. The molecule has 0 radical (unpaired) electrons. The molecule has 7 rings (SSSR count). The van der Waals surface area contributed by atoms with Crippen molar-refractivity contribution < 1.29 is 33.4 Å². The van der Waals surface area contributed by atoms with Gasteiger partial charge in [-0.05, 0) is 122 Å². The lowest BCUT2D eigenvalue weighted by Gasteiger charge is -2.19. The Morgan fingerprint density at radius 2 is 1.14 bits per heavy atom. The van der Waals surface area contributed by atoms with Crippen molar-refractivity contribution in [2.45, 2.75) is 26.2 Å². The second-order valence-electron chi connectivity index (χ2n) is 11.5. The molecule has 4 aromatic rings. The van der Waals surface area contributed by atoms with Crippen molar-refractivity contribution in [1.82, 2.24) is 0 Å². The predicted molar refractivity (Wildman–Crippen MR) is 157 cm³/mol. The molecule has 2 bridgehead atoms. The number of amides is 2. The number of carbonyl (C=O) groups excluding carboxylic acids is 5. The molecule has 4 aromatic carbocycles. The van der Waals surface area contributed by atoms with Crippen molar-refractivity contribution in [3.05, 3.63) is 102 Å². The highest BCUT2D eigenvalue weighted by molar-refractivity contribution is 6.22. The van der Waals surface area contributed by atoms with E-state index < -0.39 is 11.9 Å². The Labute approximate surface area is 247 Å². The number of fused-ring (bicyclic) bond motifs is 6. The fourth-order valence-electron chi connectivity index (χ4n) is 6.91. The van der Waals surface area contributed by atoms with Crippen LogP contribution >= 0.6 is 0 Å². The Balaban J connectivity index is 1.01. The SMILES string of the molecule is CC(=O)c1ccc(OC(=O)c2ccc3cc(OC(=O)c4ccc(N5C(=O)C6C7CCC(C7)C6C5=O)cc4)ccc3c2)cc1. The summed E-state index contributed by atoms with van der Waals surface area (Å²) < 4.78 is 11.0. The molecule has 8 nitrogen and oxygen atoms in total. The molecule has 4 atom stereocenters. The van der Waals surface area contributed by atoms with E-state index in [0.717, 1.165) is 30.0 Å². The molecule has 3 aliphatic rings. The third-order valence-corrected chi connectivity index (χ3v) is 9.02. The smallest absolute Gasteiger partial charge is 0.343 e. The van der Waals surface area contributed by atoms with E-state index in [1.165, 1.54) is 11.8 Å². The van der Waals surface area contributed by atoms with E-state index in [1.807, 2.05) is 0 Å². The Morgan fingerprint density at radius 3 is 1.79 bits per heavy atom. The lowest BCUT2D eigenvalue weighted by Crippen LogP contribution is -2.32. The van der Waals surface area contributed by atoms with E-state index in [9.17, 15) is 24.0 Å². The second-order valence-corrected chi connectivity index (χ2v) is 11.5. The standard InChI is InChI=1S/C35H27NO7/c1-19(37)20-8-13-28(14-9-20)42-35(41)26-5-2-23-18-29(15-10-22(23)16-26)43-34(40)21-6-11-27(12-7-21)36-32(38)30-24-3-4-25(17-24)31(30)33(36)39/h2,5-16,18,24-25,30-31H,3-4,17H2,1H3. The molecule has 214 valence electrons. The Morgan fingerprint density at radius 1 is 0.628 bits per heavy atom. The van der Waals surface area contributed by atoms with Crippen LogP contribution in [0.3, 0.4) is 0 Å². The fraction of sp³-hybridized carbons (Fsp3) is 0.229. The minimum absolute atomic E-state index is 0.0729. The van der Waals surface area contributed by atoms with Gasteiger partial charge in [0.05, 0.1) is 28.7 Å². The lowest BCUT2D eigenvalue weighted by molar-refractivity contribution is -0.123. The first kappa shape index (κ1) is 26.8. The highest BCUT2D eigenvalue weighted by atomic mass is 16.5. The predicted octanol–water partition coefficient (Wildman–Crippen LogP) is 6.02. The Hall–Kier alpha value is -5.11. The van der Waals surface area contributed by atoms with E-state index in [0.29, 0.717) is 40.1 Å². The van der Waals surface area contributed by atoms with Crippen LogP contribution in [0.25, 0.3) is 10.8 Å². The second kappa shape index (κ2) is 10.3. The molecule has 2 amide bonds. The van der Waals surface area contributed by atoms with Gasteiger partial charge in [0.2, 0.25) is 11.8 Å². The number of ketones is 1. The van der Waals surface area contributed by atoms with Crippen molar-refractivity contribution >= 4 is 46.0 Å². The zero-order valence-electron chi connectivity index (χ0n) is 23.3. The zero-order valence-corrected chi connectivity index (χ0v) is 23.3. The molecular weight excluding hydrogens is 546 g/mol.